The maximum atomic E-state index is 11.6. The lowest BCUT2D eigenvalue weighted by Gasteiger charge is -2.11. The van der Waals surface area contributed by atoms with E-state index < -0.39 is 0 Å². The van der Waals surface area contributed by atoms with Gasteiger partial charge in [-0.05, 0) is 37.8 Å². The van der Waals surface area contributed by atoms with Gasteiger partial charge in [-0.25, -0.2) is 0 Å². The number of guanidine groups is 1. The number of carbonyl (C=O) groups excluding carboxylic acids is 1. The van der Waals surface area contributed by atoms with Crippen LogP contribution >= 0.6 is 35.3 Å². The second-order valence-electron chi connectivity index (χ2n) is 5.52. The molecule has 7 heteroatoms. The van der Waals surface area contributed by atoms with Crippen molar-refractivity contribution in [3.05, 3.63) is 21.9 Å². The van der Waals surface area contributed by atoms with Gasteiger partial charge in [0.15, 0.2) is 5.96 Å². The number of nitrogens with one attached hydrogen (secondary N) is 3. The Morgan fingerprint density at radius 2 is 2.04 bits per heavy atom. The van der Waals surface area contributed by atoms with Gasteiger partial charge in [0.05, 0.1) is 6.54 Å². The molecule has 1 aliphatic carbocycles. The maximum absolute atomic E-state index is 11.6. The lowest BCUT2D eigenvalue weighted by atomic mass is 10.3. The highest BCUT2D eigenvalue weighted by atomic mass is 127. The fourth-order valence-electron chi connectivity index (χ4n) is 2.08. The third-order valence-corrected chi connectivity index (χ3v) is 4.76. The van der Waals surface area contributed by atoms with Crippen molar-refractivity contribution in [1.82, 2.24) is 16.0 Å². The van der Waals surface area contributed by atoms with Gasteiger partial charge < -0.3 is 16.0 Å². The lowest BCUT2D eigenvalue weighted by molar-refractivity contribution is -0.121. The van der Waals surface area contributed by atoms with E-state index in [1.807, 2.05) is 11.3 Å². The summed E-state index contributed by atoms with van der Waals surface area (Å²) in [7, 11) is 1.76. The highest BCUT2D eigenvalue weighted by Gasteiger charge is 2.22. The molecule has 1 aliphatic rings. The van der Waals surface area contributed by atoms with Crippen LogP contribution in [-0.4, -0.2) is 31.5 Å². The van der Waals surface area contributed by atoms with Gasteiger partial charge in [0, 0.05) is 35.8 Å². The number of carbonyl (C=O) groups is 1. The molecule has 1 fully saturated rings. The molecule has 0 radical (unpaired) electrons. The SMILES string of the molecule is CCc1ccc(CNC(=NC)NCCCC(=O)NC2CC2)s1.I. The molecule has 0 aliphatic heterocycles. The first-order valence-electron chi connectivity index (χ1n) is 8.02. The summed E-state index contributed by atoms with van der Waals surface area (Å²) < 4.78 is 0. The lowest BCUT2D eigenvalue weighted by Crippen LogP contribution is -2.37. The van der Waals surface area contributed by atoms with E-state index in [0.717, 1.165) is 44.7 Å². The molecule has 1 saturated carbocycles. The minimum Gasteiger partial charge on any atom is -0.356 e. The number of thiophene rings is 1. The zero-order chi connectivity index (χ0) is 15.8. The maximum Gasteiger partial charge on any atom is 0.220 e. The summed E-state index contributed by atoms with van der Waals surface area (Å²) >= 11 is 1.83. The van der Waals surface area contributed by atoms with Crippen LogP contribution in [-0.2, 0) is 17.8 Å². The fraction of sp³-hybridized carbons (Fsp3) is 0.625. The van der Waals surface area contributed by atoms with E-state index >= 15 is 0 Å². The van der Waals surface area contributed by atoms with Crippen LogP contribution in [0.25, 0.3) is 0 Å². The molecule has 0 aromatic carbocycles. The Kier molecular flexibility index (Phi) is 9.54. The Bertz CT molecular complexity index is 514. The second kappa shape index (κ2) is 10.9. The number of amides is 1. The number of halogens is 1. The summed E-state index contributed by atoms with van der Waals surface area (Å²) in [6.45, 7) is 3.71. The van der Waals surface area contributed by atoms with Crippen LogP contribution in [0.3, 0.4) is 0 Å². The van der Waals surface area contributed by atoms with Crippen molar-refractivity contribution in [3.63, 3.8) is 0 Å². The minimum atomic E-state index is 0. The number of hydrogen-bond acceptors (Lipinski definition) is 3. The molecule has 130 valence electrons. The molecule has 0 saturated heterocycles. The third kappa shape index (κ3) is 8.01. The van der Waals surface area contributed by atoms with Crippen LogP contribution in [0.1, 0.15) is 42.4 Å². The summed E-state index contributed by atoms with van der Waals surface area (Å²) in [4.78, 5) is 18.5. The molecule has 5 nitrogen and oxygen atoms in total. The van der Waals surface area contributed by atoms with Crippen LogP contribution in [0, 0.1) is 0 Å². The van der Waals surface area contributed by atoms with E-state index in [2.05, 4.69) is 40.0 Å². The molecular weight excluding hydrogens is 423 g/mol. The van der Waals surface area contributed by atoms with Gasteiger partial charge in [-0.1, -0.05) is 6.92 Å². The standard InChI is InChI=1S/C16H26N4OS.HI/c1-3-13-8-9-14(22-13)11-19-16(17-2)18-10-4-5-15(21)20-12-6-7-12;/h8-9,12H,3-7,10-11H2,1-2H3,(H,20,21)(H2,17,18,19);1H. The second-order valence-corrected chi connectivity index (χ2v) is 6.77. The van der Waals surface area contributed by atoms with Gasteiger partial charge in [0.2, 0.25) is 5.91 Å². The Balaban J connectivity index is 0.00000264. The van der Waals surface area contributed by atoms with Gasteiger partial charge in [-0.3, -0.25) is 9.79 Å². The minimum absolute atomic E-state index is 0. The van der Waals surface area contributed by atoms with Crippen molar-refractivity contribution in [2.75, 3.05) is 13.6 Å². The Morgan fingerprint density at radius 3 is 2.65 bits per heavy atom. The smallest absolute Gasteiger partial charge is 0.220 e. The molecule has 1 heterocycles. The summed E-state index contributed by atoms with van der Waals surface area (Å²) in [5, 5.41) is 9.55. The van der Waals surface area contributed by atoms with Crippen molar-refractivity contribution >= 4 is 47.2 Å². The van der Waals surface area contributed by atoms with Crippen molar-refractivity contribution in [3.8, 4) is 0 Å². The van der Waals surface area contributed by atoms with Crippen LogP contribution in [0.15, 0.2) is 17.1 Å². The molecule has 0 bridgehead atoms. The molecule has 1 aromatic heterocycles. The Hall–Kier alpha value is -0.830. The highest BCUT2D eigenvalue weighted by molar-refractivity contribution is 14.0. The van der Waals surface area contributed by atoms with Gasteiger partial charge in [-0.2, -0.15) is 0 Å². The predicted molar refractivity (Wildman–Crippen MR) is 108 cm³/mol. The monoisotopic (exact) mass is 450 g/mol. The van der Waals surface area contributed by atoms with Crippen molar-refractivity contribution in [1.29, 1.82) is 0 Å². The fourth-order valence-corrected chi connectivity index (χ4v) is 2.98. The van der Waals surface area contributed by atoms with Gasteiger partial charge in [0.25, 0.3) is 0 Å². The average Bonchev–Trinajstić information content (AvgIpc) is 3.21. The van der Waals surface area contributed by atoms with Crippen molar-refractivity contribution in [2.24, 2.45) is 4.99 Å². The quantitative estimate of drug-likeness (QED) is 0.247. The summed E-state index contributed by atoms with van der Waals surface area (Å²) in [5.74, 6) is 0.951. The van der Waals surface area contributed by atoms with Crippen LogP contribution in [0.4, 0.5) is 0 Å². The van der Waals surface area contributed by atoms with Crippen LogP contribution in [0.2, 0.25) is 0 Å². The number of hydrogen-bond donors (Lipinski definition) is 3. The number of rotatable bonds is 8. The van der Waals surface area contributed by atoms with E-state index in [1.165, 1.54) is 9.75 Å². The summed E-state index contributed by atoms with van der Waals surface area (Å²) in [5.41, 5.74) is 0. The third-order valence-electron chi connectivity index (χ3n) is 3.53. The van der Waals surface area contributed by atoms with E-state index in [1.54, 1.807) is 7.05 Å². The van der Waals surface area contributed by atoms with Gasteiger partial charge in [0.1, 0.15) is 0 Å². The largest absolute Gasteiger partial charge is 0.356 e. The molecule has 0 unspecified atom stereocenters. The van der Waals surface area contributed by atoms with Crippen molar-refractivity contribution < 1.29 is 4.79 Å². The van der Waals surface area contributed by atoms with Crippen LogP contribution in [0.5, 0.6) is 0 Å². The van der Waals surface area contributed by atoms with E-state index in [-0.39, 0.29) is 29.9 Å². The summed E-state index contributed by atoms with van der Waals surface area (Å²) in [6.07, 6.45) is 4.76. The normalized spacial score (nSPS) is 14.1. The first-order valence-corrected chi connectivity index (χ1v) is 8.84. The number of aliphatic imine (C=N–C) groups is 1. The van der Waals surface area contributed by atoms with Gasteiger partial charge in [-0.15, -0.1) is 35.3 Å². The first kappa shape index (κ1) is 20.2. The number of aryl methyl sites for hydroxylation is 1. The number of nitrogens with zero attached hydrogens (tertiary/aromatic N) is 1. The van der Waals surface area contributed by atoms with Crippen LogP contribution < -0.4 is 16.0 Å². The van der Waals surface area contributed by atoms with Crippen molar-refractivity contribution in [2.45, 2.75) is 51.6 Å². The molecule has 1 aromatic rings. The zero-order valence-corrected chi connectivity index (χ0v) is 17.0. The van der Waals surface area contributed by atoms with E-state index in [9.17, 15) is 4.79 Å². The molecule has 3 N–H and O–H groups in total. The zero-order valence-electron chi connectivity index (χ0n) is 13.9. The van der Waals surface area contributed by atoms with Gasteiger partial charge >= 0.3 is 0 Å². The van der Waals surface area contributed by atoms with E-state index in [0.29, 0.717) is 12.5 Å². The molecule has 0 spiro atoms. The van der Waals surface area contributed by atoms with E-state index in [4.69, 9.17) is 0 Å². The average molecular weight is 450 g/mol. The predicted octanol–water partition coefficient (Wildman–Crippen LogP) is 2.65. The molecular formula is C16H27IN4OS. The highest BCUT2D eigenvalue weighted by Crippen LogP contribution is 2.18. The topological polar surface area (TPSA) is 65.5 Å². The Morgan fingerprint density at radius 1 is 1.30 bits per heavy atom. The molecule has 2 rings (SSSR count). The molecule has 23 heavy (non-hydrogen) atoms. The first-order chi connectivity index (χ1) is 10.7. The molecule has 0 atom stereocenters. The Labute approximate surface area is 159 Å². The molecule has 1 amide bonds. The summed E-state index contributed by atoms with van der Waals surface area (Å²) in [6, 6.07) is 4.79.